The van der Waals surface area contributed by atoms with Gasteiger partial charge in [-0.05, 0) is 52.7 Å². The van der Waals surface area contributed by atoms with Crippen molar-refractivity contribution >= 4 is 39.1 Å². The van der Waals surface area contributed by atoms with Crippen LogP contribution >= 0.6 is 15.9 Å². The maximum absolute atomic E-state index is 11.9. The molecule has 0 aliphatic heterocycles. The van der Waals surface area contributed by atoms with Gasteiger partial charge in [-0.25, -0.2) is 0 Å². The van der Waals surface area contributed by atoms with Crippen molar-refractivity contribution in [3.63, 3.8) is 0 Å². The Morgan fingerprint density at radius 3 is 2.45 bits per heavy atom. The first-order valence-electron chi connectivity index (χ1n) is 6.52. The number of benzene rings is 2. The lowest BCUT2D eigenvalue weighted by atomic mass is 10.2. The van der Waals surface area contributed by atoms with Crippen molar-refractivity contribution in [3.8, 4) is 5.75 Å². The van der Waals surface area contributed by atoms with E-state index in [9.17, 15) is 9.59 Å². The van der Waals surface area contributed by atoms with Gasteiger partial charge >= 0.3 is 11.8 Å². The second kappa shape index (κ2) is 7.09. The molecule has 114 valence electrons. The molecule has 0 spiro atoms. The van der Waals surface area contributed by atoms with Crippen LogP contribution in [0.1, 0.15) is 5.56 Å². The Balaban J connectivity index is 2.04. The minimum absolute atomic E-state index is 0.488. The Bertz CT molecular complexity index is 716. The van der Waals surface area contributed by atoms with Crippen LogP contribution in [-0.4, -0.2) is 18.9 Å². The first-order valence-corrected chi connectivity index (χ1v) is 7.31. The number of methoxy groups -OCH3 is 1. The summed E-state index contributed by atoms with van der Waals surface area (Å²) in [6, 6.07) is 12.2. The second-order valence-electron chi connectivity index (χ2n) is 4.62. The Morgan fingerprint density at radius 1 is 1.05 bits per heavy atom. The zero-order valence-corrected chi connectivity index (χ0v) is 13.7. The second-order valence-corrected chi connectivity index (χ2v) is 5.48. The molecule has 2 aromatic rings. The van der Waals surface area contributed by atoms with Gasteiger partial charge in [0.05, 0.1) is 12.8 Å². The van der Waals surface area contributed by atoms with E-state index in [0.29, 0.717) is 17.1 Å². The fourth-order valence-corrected chi connectivity index (χ4v) is 2.38. The Morgan fingerprint density at radius 2 is 1.77 bits per heavy atom. The quantitative estimate of drug-likeness (QED) is 0.822. The third kappa shape index (κ3) is 4.08. The van der Waals surface area contributed by atoms with E-state index in [2.05, 4.69) is 26.6 Å². The van der Waals surface area contributed by atoms with Crippen LogP contribution in [0, 0.1) is 6.92 Å². The minimum atomic E-state index is -0.749. The zero-order valence-electron chi connectivity index (χ0n) is 12.1. The van der Waals surface area contributed by atoms with Crippen LogP contribution in [0.3, 0.4) is 0 Å². The molecule has 0 aromatic heterocycles. The monoisotopic (exact) mass is 362 g/mol. The fraction of sp³-hybridized carbons (Fsp3) is 0.125. The largest absolute Gasteiger partial charge is 0.497 e. The summed E-state index contributed by atoms with van der Waals surface area (Å²) in [5, 5.41) is 5.08. The molecule has 2 aromatic carbocycles. The van der Waals surface area contributed by atoms with Gasteiger partial charge in [0, 0.05) is 16.2 Å². The molecule has 22 heavy (non-hydrogen) atoms. The first-order chi connectivity index (χ1) is 10.5. The van der Waals surface area contributed by atoms with E-state index in [1.165, 1.54) is 7.11 Å². The number of carbonyl (C=O) groups excluding carboxylic acids is 2. The molecule has 0 fully saturated rings. The van der Waals surface area contributed by atoms with Gasteiger partial charge in [0.25, 0.3) is 0 Å². The van der Waals surface area contributed by atoms with E-state index < -0.39 is 11.8 Å². The van der Waals surface area contributed by atoms with Crippen molar-refractivity contribution in [1.29, 1.82) is 0 Å². The number of ether oxygens (including phenoxy) is 1. The predicted molar refractivity (Wildman–Crippen MR) is 89.1 cm³/mol. The van der Waals surface area contributed by atoms with E-state index in [4.69, 9.17) is 4.74 Å². The molecule has 2 amide bonds. The van der Waals surface area contributed by atoms with Crippen LogP contribution in [-0.2, 0) is 9.59 Å². The Labute approximate surface area is 136 Å². The summed E-state index contributed by atoms with van der Waals surface area (Å²) in [5.41, 5.74) is 2.07. The molecule has 0 saturated heterocycles. The number of anilines is 2. The highest BCUT2D eigenvalue weighted by molar-refractivity contribution is 9.10. The van der Waals surface area contributed by atoms with Crippen molar-refractivity contribution in [3.05, 3.63) is 52.5 Å². The van der Waals surface area contributed by atoms with Crippen LogP contribution in [0.25, 0.3) is 0 Å². The zero-order chi connectivity index (χ0) is 16.1. The lowest BCUT2D eigenvalue weighted by Gasteiger charge is -2.09. The number of hydrogen-bond acceptors (Lipinski definition) is 3. The van der Waals surface area contributed by atoms with Crippen LogP contribution < -0.4 is 15.4 Å². The SMILES string of the molecule is COc1cccc(NC(=O)C(=O)Nc2ccc(C)cc2Br)c1. The highest BCUT2D eigenvalue weighted by Gasteiger charge is 2.15. The van der Waals surface area contributed by atoms with Gasteiger partial charge < -0.3 is 15.4 Å². The fourth-order valence-electron chi connectivity index (χ4n) is 1.79. The number of halogens is 1. The maximum Gasteiger partial charge on any atom is 0.314 e. The molecule has 0 aliphatic carbocycles. The molecule has 2 N–H and O–H groups in total. The van der Waals surface area contributed by atoms with E-state index in [-0.39, 0.29) is 0 Å². The Hall–Kier alpha value is -2.34. The summed E-state index contributed by atoms with van der Waals surface area (Å²) < 4.78 is 5.78. The predicted octanol–water partition coefficient (Wildman–Crippen LogP) is 3.34. The van der Waals surface area contributed by atoms with Gasteiger partial charge in [-0.3, -0.25) is 9.59 Å². The normalized spacial score (nSPS) is 9.95. The van der Waals surface area contributed by atoms with Gasteiger partial charge in [-0.15, -0.1) is 0 Å². The number of nitrogens with one attached hydrogen (secondary N) is 2. The Kier molecular flexibility index (Phi) is 5.16. The smallest absolute Gasteiger partial charge is 0.314 e. The molecule has 0 heterocycles. The van der Waals surface area contributed by atoms with Crippen LogP contribution in [0.5, 0.6) is 5.75 Å². The van der Waals surface area contributed by atoms with Crippen molar-refractivity contribution < 1.29 is 14.3 Å². The summed E-state index contributed by atoms with van der Waals surface area (Å²) >= 11 is 3.35. The summed E-state index contributed by atoms with van der Waals surface area (Å²) in [6.45, 7) is 1.94. The van der Waals surface area contributed by atoms with Crippen LogP contribution in [0.4, 0.5) is 11.4 Å². The van der Waals surface area contributed by atoms with E-state index in [0.717, 1.165) is 10.0 Å². The third-order valence-corrected chi connectivity index (χ3v) is 3.56. The van der Waals surface area contributed by atoms with E-state index in [1.54, 1.807) is 30.3 Å². The average Bonchev–Trinajstić information content (AvgIpc) is 2.50. The highest BCUT2D eigenvalue weighted by Crippen LogP contribution is 2.23. The molecule has 0 aliphatic rings. The van der Waals surface area contributed by atoms with Crippen molar-refractivity contribution in [2.24, 2.45) is 0 Å². The minimum Gasteiger partial charge on any atom is -0.497 e. The molecule has 0 atom stereocenters. The van der Waals surface area contributed by atoms with Crippen LogP contribution in [0.2, 0.25) is 0 Å². The van der Waals surface area contributed by atoms with Crippen molar-refractivity contribution in [1.82, 2.24) is 0 Å². The van der Waals surface area contributed by atoms with Gasteiger partial charge in [0.1, 0.15) is 5.75 Å². The van der Waals surface area contributed by atoms with Gasteiger partial charge in [0.15, 0.2) is 0 Å². The summed E-state index contributed by atoms with van der Waals surface area (Å²) in [5.74, 6) is -0.896. The summed E-state index contributed by atoms with van der Waals surface area (Å²) in [4.78, 5) is 23.8. The topological polar surface area (TPSA) is 67.4 Å². The average molecular weight is 363 g/mol. The number of rotatable bonds is 3. The number of carbonyl (C=O) groups is 2. The molecule has 0 bridgehead atoms. The molecule has 0 radical (unpaired) electrons. The van der Waals surface area contributed by atoms with E-state index in [1.807, 2.05) is 19.1 Å². The lowest BCUT2D eigenvalue weighted by molar-refractivity contribution is -0.133. The molecule has 0 unspecified atom stereocenters. The number of amides is 2. The molecule has 0 saturated carbocycles. The summed E-state index contributed by atoms with van der Waals surface area (Å²) in [6.07, 6.45) is 0. The maximum atomic E-state index is 11.9. The van der Waals surface area contributed by atoms with Gasteiger partial charge in [-0.2, -0.15) is 0 Å². The first kappa shape index (κ1) is 16.0. The number of aryl methyl sites for hydroxylation is 1. The molecule has 2 rings (SSSR count). The molecular formula is C16H15BrN2O3. The molecular weight excluding hydrogens is 348 g/mol. The van der Waals surface area contributed by atoms with E-state index >= 15 is 0 Å². The van der Waals surface area contributed by atoms with Crippen molar-refractivity contribution in [2.45, 2.75) is 6.92 Å². The van der Waals surface area contributed by atoms with Crippen molar-refractivity contribution in [2.75, 3.05) is 17.7 Å². The standard InChI is InChI=1S/C16H15BrN2O3/c1-10-6-7-14(13(17)8-10)19-16(21)15(20)18-11-4-3-5-12(9-11)22-2/h3-9H,1-2H3,(H,18,20)(H,19,21). The van der Waals surface area contributed by atoms with Crippen LogP contribution in [0.15, 0.2) is 46.9 Å². The lowest BCUT2D eigenvalue weighted by Crippen LogP contribution is -2.29. The highest BCUT2D eigenvalue weighted by atomic mass is 79.9. The summed E-state index contributed by atoms with van der Waals surface area (Å²) in [7, 11) is 1.53. The van der Waals surface area contributed by atoms with Gasteiger partial charge in [0.2, 0.25) is 0 Å². The third-order valence-electron chi connectivity index (χ3n) is 2.91. The van der Waals surface area contributed by atoms with Gasteiger partial charge in [-0.1, -0.05) is 12.1 Å². The molecule has 5 nitrogen and oxygen atoms in total. The molecule has 6 heteroatoms. The number of hydrogen-bond donors (Lipinski definition) is 2.